The minimum absolute atomic E-state index is 0.341. The second-order valence-electron chi connectivity index (χ2n) is 4.65. The molecule has 4 nitrogen and oxygen atoms in total. The minimum atomic E-state index is -0.341. The van der Waals surface area contributed by atoms with Gasteiger partial charge in [0.2, 0.25) is 0 Å². The molecule has 92 valence electrons. The Bertz CT molecular complexity index is 406. The highest BCUT2D eigenvalue weighted by atomic mass is 16.5. The van der Waals surface area contributed by atoms with Crippen molar-refractivity contribution in [1.82, 2.24) is 4.98 Å². The fraction of sp³-hybridized carbons (Fsp3) is 0.538. The molecule has 4 heteroatoms. The maximum atomic E-state index is 11.6. The number of anilines is 1. The van der Waals surface area contributed by atoms with Gasteiger partial charge in [0.25, 0.3) is 0 Å². The molecule has 0 aromatic carbocycles. The Morgan fingerprint density at radius 1 is 1.53 bits per heavy atom. The molecule has 1 N–H and O–H groups in total. The minimum Gasteiger partial charge on any atom is -0.465 e. The van der Waals surface area contributed by atoms with E-state index in [1.807, 2.05) is 0 Å². The third-order valence-corrected chi connectivity index (χ3v) is 3.25. The predicted octanol–water partition coefficient (Wildman–Crippen LogP) is 2.47. The van der Waals surface area contributed by atoms with Crippen LogP contribution in [0.25, 0.3) is 0 Å². The van der Waals surface area contributed by atoms with E-state index < -0.39 is 0 Å². The average Bonchev–Trinajstić information content (AvgIpc) is 2.74. The maximum absolute atomic E-state index is 11.6. The summed E-state index contributed by atoms with van der Waals surface area (Å²) in [6.07, 6.45) is 5.20. The van der Waals surface area contributed by atoms with E-state index in [-0.39, 0.29) is 5.97 Å². The SMILES string of the molecule is COC(=O)c1cccnc1NC1CCC(C)C1. The summed E-state index contributed by atoms with van der Waals surface area (Å²) in [4.78, 5) is 15.8. The highest BCUT2D eigenvalue weighted by Crippen LogP contribution is 2.27. The summed E-state index contributed by atoms with van der Waals surface area (Å²) < 4.78 is 4.74. The van der Waals surface area contributed by atoms with Crippen LogP contribution < -0.4 is 5.32 Å². The molecule has 1 aliphatic carbocycles. The number of hydrogen-bond acceptors (Lipinski definition) is 4. The van der Waals surface area contributed by atoms with Gasteiger partial charge < -0.3 is 10.1 Å². The van der Waals surface area contributed by atoms with Crippen LogP contribution in [0, 0.1) is 5.92 Å². The fourth-order valence-corrected chi connectivity index (χ4v) is 2.33. The molecular formula is C13H18N2O2. The van der Waals surface area contributed by atoms with Gasteiger partial charge in [-0.25, -0.2) is 9.78 Å². The normalized spacial score (nSPS) is 23.4. The van der Waals surface area contributed by atoms with Crippen molar-refractivity contribution in [2.24, 2.45) is 5.92 Å². The van der Waals surface area contributed by atoms with E-state index in [2.05, 4.69) is 17.2 Å². The van der Waals surface area contributed by atoms with Crippen LogP contribution >= 0.6 is 0 Å². The van der Waals surface area contributed by atoms with Crippen molar-refractivity contribution in [3.8, 4) is 0 Å². The van der Waals surface area contributed by atoms with Crippen molar-refractivity contribution in [2.75, 3.05) is 12.4 Å². The highest BCUT2D eigenvalue weighted by molar-refractivity contribution is 5.94. The summed E-state index contributed by atoms with van der Waals surface area (Å²) in [6, 6.07) is 3.90. The van der Waals surface area contributed by atoms with E-state index in [4.69, 9.17) is 4.74 Å². The van der Waals surface area contributed by atoms with Crippen LogP contribution in [0.2, 0.25) is 0 Å². The maximum Gasteiger partial charge on any atom is 0.341 e. The first-order chi connectivity index (χ1) is 8.20. The summed E-state index contributed by atoms with van der Waals surface area (Å²) in [7, 11) is 1.39. The Hall–Kier alpha value is -1.58. The van der Waals surface area contributed by atoms with E-state index in [0.29, 0.717) is 17.4 Å². The molecule has 1 heterocycles. The second kappa shape index (κ2) is 5.17. The topological polar surface area (TPSA) is 51.2 Å². The summed E-state index contributed by atoms with van der Waals surface area (Å²) in [6.45, 7) is 2.25. The van der Waals surface area contributed by atoms with Crippen LogP contribution in [0.5, 0.6) is 0 Å². The first kappa shape index (κ1) is 11.9. The molecule has 0 bridgehead atoms. The van der Waals surface area contributed by atoms with E-state index in [1.54, 1.807) is 18.3 Å². The smallest absolute Gasteiger partial charge is 0.341 e. The largest absolute Gasteiger partial charge is 0.465 e. The van der Waals surface area contributed by atoms with Gasteiger partial charge >= 0.3 is 5.97 Å². The van der Waals surface area contributed by atoms with Gasteiger partial charge in [-0.15, -0.1) is 0 Å². The standard InChI is InChI=1S/C13H18N2O2/c1-9-5-6-10(8-9)15-12-11(13(16)17-2)4-3-7-14-12/h3-4,7,9-10H,5-6,8H2,1-2H3,(H,14,15). The van der Waals surface area contributed by atoms with Gasteiger partial charge in [0.15, 0.2) is 0 Å². The van der Waals surface area contributed by atoms with E-state index in [1.165, 1.54) is 13.5 Å². The van der Waals surface area contributed by atoms with Crippen molar-refractivity contribution in [3.63, 3.8) is 0 Å². The van der Waals surface area contributed by atoms with Crippen molar-refractivity contribution in [1.29, 1.82) is 0 Å². The van der Waals surface area contributed by atoms with Crippen LogP contribution in [0.4, 0.5) is 5.82 Å². The number of nitrogens with one attached hydrogen (secondary N) is 1. The predicted molar refractivity (Wildman–Crippen MR) is 66.0 cm³/mol. The Balaban J connectivity index is 2.12. The molecule has 17 heavy (non-hydrogen) atoms. The molecular weight excluding hydrogens is 216 g/mol. The molecule has 1 fully saturated rings. The molecule has 0 saturated heterocycles. The Labute approximate surface area is 101 Å². The highest BCUT2D eigenvalue weighted by Gasteiger charge is 2.23. The third-order valence-electron chi connectivity index (χ3n) is 3.25. The van der Waals surface area contributed by atoms with Crippen molar-refractivity contribution in [2.45, 2.75) is 32.2 Å². The molecule has 2 unspecified atom stereocenters. The molecule has 0 amide bonds. The molecule has 1 aliphatic rings. The lowest BCUT2D eigenvalue weighted by Gasteiger charge is -2.15. The summed E-state index contributed by atoms with van der Waals surface area (Å²) >= 11 is 0. The molecule has 1 aromatic heterocycles. The van der Waals surface area contributed by atoms with E-state index >= 15 is 0 Å². The van der Waals surface area contributed by atoms with Gasteiger partial charge in [0.1, 0.15) is 11.4 Å². The fourth-order valence-electron chi connectivity index (χ4n) is 2.33. The van der Waals surface area contributed by atoms with Gasteiger partial charge in [0, 0.05) is 12.2 Å². The summed E-state index contributed by atoms with van der Waals surface area (Å²) in [5, 5.41) is 3.34. The zero-order valence-corrected chi connectivity index (χ0v) is 10.3. The molecule has 1 aromatic rings. The first-order valence-corrected chi connectivity index (χ1v) is 6.00. The number of hydrogen-bond donors (Lipinski definition) is 1. The number of nitrogens with zero attached hydrogens (tertiary/aromatic N) is 1. The number of carbonyl (C=O) groups is 1. The first-order valence-electron chi connectivity index (χ1n) is 6.00. The van der Waals surface area contributed by atoms with Crippen molar-refractivity contribution >= 4 is 11.8 Å². The number of carbonyl (C=O) groups excluding carboxylic acids is 1. The lowest BCUT2D eigenvalue weighted by molar-refractivity contribution is 0.0601. The number of aromatic nitrogens is 1. The van der Waals surface area contributed by atoms with Gasteiger partial charge in [0.05, 0.1) is 7.11 Å². The third kappa shape index (κ3) is 2.75. The monoisotopic (exact) mass is 234 g/mol. The lowest BCUT2D eigenvalue weighted by Crippen LogP contribution is -2.19. The van der Waals surface area contributed by atoms with Gasteiger partial charge in [-0.3, -0.25) is 0 Å². The van der Waals surface area contributed by atoms with Crippen molar-refractivity contribution < 1.29 is 9.53 Å². The second-order valence-corrected chi connectivity index (χ2v) is 4.65. The molecule has 2 atom stereocenters. The summed E-state index contributed by atoms with van der Waals surface area (Å²) in [5.41, 5.74) is 0.509. The Kier molecular flexibility index (Phi) is 3.61. The van der Waals surface area contributed by atoms with Crippen LogP contribution in [-0.4, -0.2) is 24.1 Å². The number of methoxy groups -OCH3 is 1. The van der Waals surface area contributed by atoms with Crippen LogP contribution in [0.15, 0.2) is 18.3 Å². The lowest BCUT2D eigenvalue weighted by atomic mass is 10.1. The molecule has 0 aliphatic heterocycles. The average molecular weight is 234 g/mol. The molecule has 2 rings (SSSR count). The summed E-state index contributed by atoms with van der Waals surface area (Å²) in [5.74, 6) is 1.04. The molecule has 1 saturated carbocycles. The molecule has 0 spiro atoms. The van der Waals surface area contributed by atoms with E-state index in [0.717, 1.165) is 18.8 Å². The van der Waals surface area contributed by atoms with Crippen LogP contribution in [0.1, 0.15) is 36.5 Å². The molecule has 0 radical (unpaired) electrons. The van der Waals surface area contributed by atoms with E-state index in [9.17, 15) is 4.79 Å². The number of esters is 1. The van der Waals surface area contributed by atoms with Crippen LogP contribution in [-0.2, 0) is 4.74 Å². The van der Waals surface area contributed by atoms with Gasteiger partial charge in [-0.2, -0.15) is 0 Å². The number of ether oxygens (including phenoxy) is 1. The quantitative estimate of drug-likeness (QED) is 0.816. The zero-order valence-electron chi connectivity index (χ0n) is 10.3. The number of rotatable bonds is 3. The van der Waals surface area contributed by atoms with Crippen LogP contribution in [0.3, 0.4) is 0 Å². The van der Waals surface area contributed by atoms with Crippen molar-refractivity contribution in [3.05, 3.63) is 23.9 Å². The van der Waals surface area contributed by atoms with Gasteiger partial charge in [-0.1, -0.05) is 6.92 Å². The zero-order chi connectivity index (χ0) is 12.3. The Morgan fingerprint density at radius 2 is 2.35 bits per heavy atom. The Morgan fingerprint density at radius 3 is 3.00 bits per heavy atom. The number of pyridine rings is 1. The van der Waals surface area contributed by atoms with Gasteiger partial charge in [-0.05, 0) is 37.3 Å².